The zero-order valence-corrected chi connectivity index (χ0v) is 13.4. The van der Waals surface area contributed by atoms with Crippen LogP contribution in [-0.4, -0.2) is 17.6 Å². The van der Waals surface area contributed by atoms with Crippen LogP contribution in [0.2, 0.25) is 0 Å². The van der Waals surface area contributed by atoms with Crippen LogP contribution in [0.5, 0.6) is 0 Å². The van der Waals surface area contributed by atoms with Crippen molar-refractivity contribution in [3.05, 3.63) is 30.3 Å². The van der Waals surface area contributed by atoms with Gasteiger partial charge in [-0.2, -0.15) is 0 Å². The van der Waals surface area contributed by atoms with Crippen LogP contribution in [0, 0.1) is 0 Å². The summed E-state index contributed by atoms with van der Waals surface area (Å²) in [7, 11) is 3.48. The fourth-order valence-corrected chi connectivity index (χ4v) is 3.46. The number of aliphatic imine (C=N–C) groups is 1. The van der Waals surface area contributed by atoms with Crippen molar-refractivity contribution in [2.24, 2.45) is 4.99 Å². The Morgan fingerprint density at radius 2 is 1.89 bits per heavy atom. The van der Waals surface area contributed by atoms with Crippen LogP contribution in [0.1, 0.15) is 39.5 Å². The van der Waals surface area contributed by atoms with Gasteiger partial charge in [0.1, 0.15) is 0 Å². The van der Waals surface area contributed by atoms with Gasteiger partial charge in [0.2, 0.25) is 0 Å². The molecule has 2 nitrogen and oxygen atoms in total. The molecule has 106 valence electrons. The zero-order chi connectivity index (χ0) is 13.8. The molecular formula is C15H23NOS2. The summed E-state index contributed by atoms with van der Waals surface area (Å²) in [4.78, 5) is 4.52. The third kappa shape index (κ3) is 8.22. The molecule has 0 saturated heterocycles. The Balaban J connectivity index is 2.34. The molecule has 0 atom stereocenters. The number of nitrogens with zero attached hydrogens (tertiary/aromatic N) is 1. The fraction of sp³-hybridized carbons (Fsp3) is 0.533. The number of benzene rings is 1. The predicted octanol–water partition coefficient (Wildman–Crippen LogP) is 5.67. The summed E-state index contributed by atoms with van der Waals surface area (Å²) in [6, 6.07) is 9.96. The average molecular weight is 297 g/mol. The van der Waals surface area contributed by atoms with E-state index >= 15 is 0 Å². The van der Waals surface area contributed by atoms with Crippen molar-refractivity contribution in [3.8, 4) is 0 Å². The maximum Gasteiger partial charge on any atom is 0.261 e. The highest BCUT2D eigenvalue weighted by molar-refractivity contribution is 8.82. The maximum atomic E-state index is 5.57. The van der Waals surface area contributed by atoms with Crippen molar-refractivity contribution >= 4 is 32.5 Å². The Kier molecular flexibility index (Phi) is 9.72. The second kappa shape index (κ2) is 11.2. The minimum atomic E-state index is 0.662. The van der Waals surface area contributed by atoms with Crippen molar-refractivity contribution in [1.82, 2.24) is 0 Å². The summed E-state index contributed by atoms with van der Waals surface area (Å²) in [6.45, 7) is 4.89. The summed E-state index contributed by atoms with van der Waals surface area (Å²) < 4.78 is 5.57. The van der Waals surface area contributed by atoms with Crippen molar-refractivity contribution in [3.63, 3.8) is 0 Å². The Bertz CT molecular complexity index is 354. The lowest BCUT2D eigenvalue weighted by atomic mass is 10.2. The van der Waals surface area contributed by atoms with Crippen molar-refractivity contribution in [2.45, 2.75) is 39.5 Å². The van der Waals surface area contributed by atoms with E-state index in [1.165, 1.54) is 25.7 Å². The molecule has 0 saturated carbocycles. The molecule has 0 heterocycles. The van der Waals surface area contributed by atoms with Gasteiger partial charge in [-0.05, 0) is 25.5 Å². The molecule has 1 aromatic carbocycles. The molecule has 0 spiro atoms. The topological polar surface area (TPSA) is 21.6 Å². The number of rotatable bonds is 8. The second-order valence-corrected chi connectivity index (χ2v) is 6.48. The molecule has 1 rings (SSSR count). The lowest BCUT2D eigenvalue weighted by Crippen LogP contribution is -1.97. The molecule has 0 fully saturated rings. The molecular weight excluding hydrogens is 274 g/mol. The highest BCUT2D eigenvalue weighted by atomic mass is 33.1. The molecule has 0 radical (unpaired) electrons. The van der Waals surface area contributed by atoms with Crippen LogP contribution in [0.4, 0.5) is 5.69 Å². The van der Waals surface area contributed by atoms with E-state index in [1.54, 1.807) is 10.8 Å². The summed E-state index contributed by atoms with van der Waals surface area (Å²) in [5.74, 6) is 1.16. The highest BCUT2D eigenvalue weighted by Crippen LogP contribution is 2.27. The van der Waals surface area contributed by atoms with Gasteiger partial charge in [-0.15, -0.1) is 0 Å². The normalized spacial score (nSPS) is 11.6. The summed E-state index contributed by atoms with van der Waals surface area (Å²) >= 11 is 0. The molecule has 0 aromatic heterocycles. The van der Waals surface area contributed by atoms with E-state index in [9.17, 15) is 0 Å². The number of ether oxygens (including phenoxy) is 1. The fourth-order valence-electron chi connectivity index (χ4n) is 1.49. The predicted molar refractivity (Wildman–Crippen MR) is 89.4 cm³/mol. The van der Waals surface area contributed by atoms with Gasteiger partial charge in [-0.25, -0.2) is 4.99 Å². The first-order chi connectivity index (χ1) is 9.36. The quantitative estimate of drug-likeness (QED) is 0.267. The molecule has 0 unspecified atom stereocenters. The lowest BCUT2D eigenvalue weighted by molar-refractivity contribution is 0.338. The Labute approximate surface area is 124 Å². The van der Waals surface area contributed by atoms with E-state index in [4.69, 9.17) is 4.74 Å². The number of hydrogen-bond acceptors (Lipinski definition) is 4. The van der Waals surface area contributed by atoms with Gasteiger partial charge in [0.15, 0.2) is 0 Å². The summed E-state index contributed by atoms with van der Waals surface area (Å²) in [6.07, 6.45) is 5.22. The van der Waals surface area contributed by atoms with Gasteiger partial charge in [0.05, 0.1) is 12.3 Å². The van der Waals surface area contributed by atoms with E-state index in [0.717, 1.165) is 16.7 Å². The molecule has 1 aromatic rings. The van der Waals surface area contributed by atoms with Crippen LogP contribution in [0.15, 0.2) is 35.3 Å². The third-order valence-electron chi connectivity index (χ3n) is 2.46. The van der Waals surface area contributed by atoms with Crippen molar-refractivity contribution in [2.75, 3.05) is 12.4 Å². The van der Waals surface area contributed by atoms with E-state index in [1.807, 2.05) is 48.0 Å². The SMILES string of the molecule is CCCCCCSSC(=Nc1ccccc1)OCC. The molecule has 19 heavy (non-hydrogen) atoms. The standard InChI is InChI=1S/C15H23NOS2/c1-3-5-6-10-13-18-19-15(17-4-2)16-14-11-8-7-9-12-14/h7-9,11-12H,3-6,10,13H2,1-2H3. The van der Waals surface area contributed by atoms with Gasteiger partial charge in [-0.3, -0.25) is 0 Å². The third-order valence-corrected chi connectivity index (χ3v) is 4.66. The first-order valence-corrected chi connectivity index (χ1v) is 9.24. The molecule has 0 amide bonds. The first-order valence-electron chi connectivity index (χ1n) is 6.92. The van der Waals surface area contributed by atoms with E-state index in [-0.39, 0.29) is 0 Å². The van der Waals surface area contributed by atoms with Crippen LogP contribution in [-0.2, 0) is 4.74 Å². The van der Waals surface area contributed by atoms with Crippen LogP contribution >= 0.6 is 21.6 Å². The van der Waals surface area contributed by atoms with Gasteiger partial charge < -0.3 is 4.74 Å². The largest absolute Gasteiger partial charge is 0.473 e. The molecule has 4 heteroatoms. The van der Waals surface area contributed by atoms with E-state index in [0.29, 0.717) is 6.61 Å². The van der Waals surface area contributed by atoms with Gasteiger partial charge in [-0.1, -0.05) is 55.2 Å². The molecule has 0 aliphatic carbocycles. The maximum absolute atomic E-state index is 5.57. The molecule has 0 aliphatic rings. The van der Waals surface area contributed by atoms with Gasteiger partial charge >= 0.3 is 0 Å². The van der Waals surface area contributed by atoms with E-state index < -0.39 is 0 Å². The highest BCUT2D eigenvalue weighted by Gasteiger charge is 2.02. The molecule has 0 bridgehead atoms. The Morgan fingerprint density at radius 3 is 2.58 bits per heavy atom. The Hall–Kier alpha value is -0.610. The van der Waals surface area contributed by atoms with Gasteiger partial charge in [0.25, 0.3) is 5.23 Å². The smallest absolute Gasteiger partial charge is 0.261 e. The van der Waals surface area contributed by atoms with Crippen LogP contribution < -0.4 is 0 Å². The Morgan fingerprint density at radius 1 is 1.11 bits per heavy atom. The second-order valence-electron chi connectivity index (χ2n) is 4.11. The summed E-state index contributed by atoms with van der Waals surface area (Å²) in [5, 5.41) is 0.759. The average Bonchev–Trinajstić information content (AvgIpc) is 2.44. The first kappa shape index (κ1) is 16.4. The lowest BCUT2D eigenvalue weighted by Gasteiger charge is -2.06. The minimum absolute atomic E-state index is 0.662. The number of unbranched alkanes of at least 4 members (excludes halogenated alkanes) is 3. The zero-order valence-electron chi connectivity index (χ0n) is 11.8. The molecule has 0 aliphatic heterocycles. The van der Waals surface area contributed by atoms with Crippen molar-refractivity contribution < 1.29 is 4.74 Å². The van der Waals surface area contributed by atoms with Gasteiger partial charge in [0, 0.05) is 16.5 Å². The monoisotopic (exact) mass is 297 g/mol. The van der Waals surface area contributed by atoms with E-state index in [2.05, 4.69) is 11.9 Å². The van der Waals surface area contributed by atoms with Crippen molar-refractivity contribution in [1.29, 1.82) is 0 Å². The number of hydrogen-bond donors (Lipinski definition) is 0. The minimum Gasteiger partial charge on any atom is -0.473 e. The van der Waals surface area contributed by atoms with Crippen LogP contribution in [0.3, 0.4) is 0 Å². The number of para-hydroxylation sites is 1. The van der Waals surface area contributed by atoms with Crippen LogP contribution in [0.25, 0.3) is 0 Å². The molecule has 0 N–H and O–H groups in total. The summed E-state index contributed by atoms with van der Waals surface area (Å²) in [5.41, 5.74) is 0.949.